The third-order valence-corrected chi connectivity index (χ3v) is 3.89. The van der Waals surface area contributed by atoms with E-state index in [2.05, 4.69) is 4.72 Å². The van der Waals surface area contributed by atoms with Gasteiger partial charge in [-0.15, -0.1) is 0 Å². The van der Waals surface area contributed by atoms with Crippen molar-refractivity contribution in [2.45, 2.75) is 11.9 Å². The van der Waals surface area contributed by atoms with Crippen molar-refractivity contribution < 1.29 is 17.9 Å². The molecule has 0 fully saturated rings. The highest BCUT2D eigenvalue weighted by Gasteiger charge is 2.16. The minimum atomic E-state index is -3.47. The van der Waals surface area contributed by atoms with Gasteiger partial charge < -0.3 is 9.52 Å². The monoisotopic (exact) mass is 281 g/mol. The second-order valence-electron chi connectivity index (χ2n) is 4.12. The minimum absolute atomic E-state index is 0.108. The Bertz CT molecular complexity index is 593. The molecule has 1 heterocycles. The average molecular weight is 281 g/mol. The lowest BCUT2D eigenvalue weighted by atomic mass is 10.2. The Kier molecular flexibility index (Phi) is 4.36. The second-order valence-corrected chi connectivity index (χ2v) is 5.93. The van der Waals surface area contributed by atoms with Crippen LogP contribution in [0, 0.1) is 0 Å². The van der Waals surface area contributed by atoms with Gasteiger partial charge in [0.15, 0.2) is 0 Å². The van der Waals surface area contributed by atoms with Gasteiger partial charge in [-0.05, 0) is 17.7 Å². The SMILES string of the molecule is O=S(=O)(Cc1ccccc1)NCC(O)c1ccco1. The predicted octanol–water partition coefficient (Wildman–Crippen LogP) is 1.43. The van der Waals surface area contributed by atoms with Crippen LogP contribution in [0.2, 0.25) is 0 Å². The fourth-order valence-electron chi connectivity index (χ4n) is 1.63. The first-order valence-electron chi connectivity index (χ1n) is 5.79. The van der Waals surface area contributed by atoms with E-state index in [1.165, 1.54) is 6.26 Å². The molecule has 5 nitrogen and oxygen atoms in total. The van der Waals surface area contributed by atoms with E-state index in [9.17, 15) is 13.5 Å². The molecule has 6 heteroatoms. The summed E-state index contributed by atoms with van der Waals surface area (Å²) in [7, 11) is -3.47. The van der Waals surface area contributed by atoms with Crippen LogP contribution in [0.1, 0.15) is 17.4 Å². The topological polar surface area (TPSA) is 79.5 Å². The van der Waals surface area contributed by atoms with Gasteiger partial charge in [-0.3, -0.25) is 0 Å². The quantitative estimate of drug-likeness (QED) is 0.839. The first kappa shape index (κ1) is 13.8. The minimum Gasteiger partial charge on any atom is -0.467 e. The Morgan fingerprint density at radius 2 is 1.89 bits per heavy atom. The van der Waals surface area contributed by atoms with Gasteiger partial charge in [0.1, 0.15) is 11.9 Å². The summed E-state index contributed by atoms with van der Waals surface area (Å²) in [4.78, 5) is 0. The molecule has 0 aliphatic carbocycles. The number of hydrogen-bond acceptors (Lipinski definition) is 4. The molecule has 19 heavy (non-hydrogen) atoms. The van der Waals surface area contributed by atoms with E-state index in [0.29, 0.717) is 11.3 Å². The molecule has 0 aliphatic rings. The van der Waals surface area contributed by atoms with E-state index >= 15 is 0 Å². The number of benzene rings is 1. The van der Waals surface area contributed by atoms with Crippen molar-refractivity contribution in [1.29, 1.82) is 0 Å². The average Bonchev–Trinajstić information content (AvgIpc) is 2.91. The summed E-state index contributed by atoms with van der Waals surface area (Å²) in [6, 6.07) is 12.1. The lowest BCUT2D eigenvalue weighted by molar-refractivity contribution is 0.154. The Balaban J connectivity index is 1.91. The van der Waals surface area contributed by atoms with Crippen LogP contribution in [-0.4, -0.2) is 20.1 Å². The lowest BCUT2D eigenvalue weighted by Gasteiger charge is -2.10. The van der Waals surface area contributed by atoms with E-state index < -0.39 is 16.1 Å². The maximum Gasteiger partial charge on any atom is 0.215 e. The van der Waals surface area contributed by atoms with Gasteiger partial charge in [0, 0.05) is 6.54 Å². The molecule has 0 bridgehead atoms. The van der Waals surface area contributed by atoms with Gasteiger partial charge in [-0.25, -0.2) is 13.1 Å². The first-order chi connectivity index (χ1) is 9.07. The van der Waals surface area contributed by atoms with Crippen LogP contribution in [0.5, 0.6) is 0 Å². The van der Waals surface area contributed by atoms with E-state index in [4.69, 9.17) is 4.42 Å². The van der Waals surface area contributed by atoms with Crippen molar-refractivity contribution in [1.82, 2.24) is 4.72 Å². The summed E-state index contributed by atoms with van der Waals surface area (Å²) >= 11 is 0. The van der Waals surface area contributed by atoms with Crippen LogP contribution >= 0.6 is 0 Å². The number of hydrogen-bond donors (Lipinski definition) is 2. The van der Waals surface area contributed by atoms with Gasteiger partial charge in [-0.2, -0.15) is 0 Å². The standard InChI is InChI=1S/C13H15NO4S/c15-12(13-7-4-8-18-13)9-14-19(16,17)10-11-5-2-1-3-6-11/h1-8,12,14-15H,9-10H2. The van der Waals surface area contributed by atoms with E-state index in [-0.39, 0.29) is 12.3 Å². The zero-order valence-electron chi connectivity index (χ0n) is 10.2. The molecule has 1 unspecified atom stereocenters. The highest BCUT2D eigenvalue weighted by atomic mass is 32.2. The van der Waals surface area contributed by atoms with Crippen LogP contribution in [-0.2, 0) is 15.8 Å². The normalized spacial score (nSPS) is 13.3. The fourth-order valence-corrected chi connectivity index (χ4v) is 2.78. The summed E-state index contributed by atoms with van der Waals surface area (Å²) in [6.45, 7) is -0.108. The first-order valence-corrected chi connectivity index (χ1v) is 7.45. The van der Waals surface area contributed by atoms with E-state index in [1.807, 2.05) is 6.07 Å². The zero-order chi connectivity index (χ0) is 13.7. The van der Waals surface area contributed by atoms with Crippen molar-refractivity contribution in [2.75, 3.05) is 6.54 Å². The fraction of sp³-hybridized carbons (Fsp3) is 0.231. The summed E-state index contributed by atoms with van der Waals surface area (Å²) in [6.07, 6.45) is 0.442. The molecule has 0 saturated heterocycles. The molecule has 0 spiro atoms. The molecule has 1 aromatic heterocycles. The number of furan rings is 1. The molecule has 1 atom stereocenters. The van der Waals surface area contributed by atoms with Crippen molar-refractivity contribution in [3.05, 3.63) is 60.1 Å². The summed E-state index contributed by atoms with van der Waals surface area (Å²) < 4.78 is 31.0. The Labute approximate surface area is 111 Å². The van der Waals surface area contributed by atoms with Gasteiger partial charge in [0.05, 0.1) is 12.0 Å². The molecule has 102 valence electrons. The smallest absolute Gasteiger partial charge is 0.215 e. The number of rotatable bonds is 6. The van der Waals surface area contributed by atoms with Crippen LogP contribution in [0.4, 0.5) is 0 Å². The van der Waals surface area contributed by atoms with Gasteiger partial charge in [-0.1, -0.05) is 30.3 Å². The molecule has 0 aliphatic heterocycles. The van der Waals surface area contributed by atoms with Gasteiger partial charge >= 0.3 is 0 Å². The van der Waals surface area contributed by atoms with Crippen LogP contribution in [0.25, 0.3) is 0 Å². The van der Waals surface area contributed by atoms with Crippen molar-refractivity contribution in [3.8, 4) is 0 Å². The van der Waals surface area contributed by atoms with Crippen molar-refractivity contribution in [2.24, 2.45) is 0 Å². The second kappa shape index (κ2) is 6.01. The molecule has 0 radical (unpaired) electrons. The van der Waals surface area contributed by atoms with Crippen LogP contribution in [0.3, 0.4) is 0 Å². The highest BCUT2D eigenvalue weighted by molar-refractivity contribution is 7.88. The van der Waals surface area contributed by atoms with Crippen LogP contribution < -0.4 is 4.72 Å². The predicted molar refractivity (Wildman–Crippen MR) is 70.7 cm³/mol. The molecule has 2 N–H and O–H groups in total. The third-order valence-electron chi connectivity index (χ3n) is 2.57. The van der Waals surface area contributed by atoms with Gasteiger partial charge in [0.25, 0.3) is 0 Å². The Morgan fingerprint density at radius 3 is 2.53 bits per heavy atom. The molecule has 0 amide bonds. The van der Waals surface area contributed by atoms with E-state index in [1.54, 1.807) is 36.4 Å². The summed E-state index contributed by atoms with van der Waals surface area (Å²) in [5.41, 5.74) is 0.697. The van der Waals surface area contributed by atoms with Gasteiger partial charge in [0.2, 0.25) is 10.0 Å². The number of sulfonamides is 1. The number of nitrogens with one attached hydrogen (secondary N) is 1. The molecular weight excluding hydrogens is 266 g/mol. The molecule has 2 rings (SSSR count). The van der Waals surface area contributed by atoms with E-state index in [0.717, 1.165) is 0 Å². The maximum atomic E-state index is 11.8. The molecule has 0 saturated carbocycles. The third kappa shape index (κ3) is 4.20. The molecule has 1 aromatic carbocycles. The maximum absolute atomic E-state index is 11.8. The van der Waals surface area contributed by atoms with Crippen molar-refractivity contribution >= 4 is 10.0 Å². The highest BCUT2D eigenvalue weighted by Crippen LogP contribution is 2.12. The lowest BCUT2D eigenvalue weighted by Crippen LogP contribution is -2.29. The zero-order valence-corrected chi connectivity index (χ0v) is 11.0. The summed E-state index contributed by atoms with van der Waals surface area (Å²) in [5.74, 6) is 0.223. The Hall–Kier alpha value is -1.63. The number of aliphatic hydroxyl groups is 1. The number of aliphatic hydroxyl groups excluding tert-OH is 1. The van der Waals surface area contributed by atoms with Crippen molar-refractivity contribution in [3.63, 3.8) is 0 Å². The largest absolute Gasteiger partial charge is 0.467 e. The molecule has 2 aromatic rings. The molecular formula is C13H15NO4S. The van der Waals surface area contributed by atoms with Crippen LogP contribution in [0.15, 0.2) is 53.1 Å². The summed E-state index contributed by atoms with van der Waals surface area (Å²) in [5, 5.41) is 9.72. The Morgan fingerprint density at radius 1 is 1.16 bits per heavy atom.